The van der Waals surface area contributed by atoms with E-state index in [0.29, 0.717) is 38.1 Å². The molecule has 0 bridgehead atoms. The van der Waals surface area contributed by atoms with Gasteiger partial charge in [0.15, 0.2) is 11.5 Å². The summed E-state index contributed by atoms with van der Waals surface area (Å²) in [6, 6.07) is 11.1. The lowest BCUT2D eigenvalue weighted by atomic mass is 9.71. The average Bonchev–Trinajstić information content (AvgIpc) is 3.30. The molecule has 0 aromatic heterocycles. The molecule has 0 spiro atoms. The summed E-state index contributed by atoms with van der Waals surface area (Å²) in [5.41, 5.74) is -27.8. The van der Waals surface area contributed by atoms with E-state index >= 15 is 52.7 Å². The van der Waals surface area contributed by atoms with Crippen LogP contribution in [0, 0.1) is 49.4 Å². The van der Waals surface area contributed by atoms with Gasteiger partial charge in [-0.3, -0.25) is 9.59 Å². The van der Waals surface area contributed by atoms with Gasteiger partial charge in [0.2, 0.25) is 0 Å². The van der Waals surface area contributed by atoms with E-state index in [0.717, 1.165) is 24.3 Å². The minimum atomic E-state index is -5.98. The molecule has 20 heteroatoms. The van der Waals surface area contributed by atoms with Gasteiger partial charge in [-0.2, -0.15) is 52.7 Å². The third kappa shape index (κ3) is 9.96. The van der Waals surface area contributed by atoms with Crippen LogP contribution >= 0.6 is 0 Å². The maximum absolute atomic E-state index is 15.8. The first-order valence-electron chi connectivity index (χ1n) is 20.3. The Balaban J connectivity index is 1.71. The van der Waals surface area contributed by atoms with Crippen LogP contribution in [-0.4, -0.2) is 32.2 Å². The van der Waals surface area contributed by atoms with Crippen LogP contribution in [0.4, 0.5) is 64.1 Å². The Morgan fingerprint density at radius 1 is 0.466 bits per heavy atom. The van der Waals surface area contributed by atoms with Crippen molar-refractivity contribution in [3.05, 3.63) is 152 Å². The number of amides is 2. The summed E-state index contributed by atoms with van der Waals surface area (Å²) in [4.78, 5) is 26.8. The van der Waals surface area contributed by atoms with Gasteiger partial charge in [-0.15, -0.1) is 25.7 Å². The normalized spacial score (nSPS) is 12.0. The van der Waals surface area contributed by atoms with Gasteiger partial charge in [-0.05, 0) is 71.8 Å². The number of phenols is 4. The van der Waals surface area contributed by atoms with Crippen LogP contribution in [0.15, 0.2) is 84.9 Å². The van der Waals surface area contributed by atoms with E-state index in [-0.39, 0.29) is 23.3 Å². The fourth-order valence-electron chi connectivity index (χ4n) is 8.17. The van der Waals surface area contributed by atoms with Gasteiger partial charge >= 0.3 is 24.7 Å². The number of carbonyl (C=O) groups excluding carboxylic acids is 2. The molecule has 6 N–H and O–H groups in total. The summed E-state index contributed by atoms with van der Waals surface area (Å²) in [5.74, 6) is -1.21. The van der Waals surface area contributed by atoms with Crippen molar-refractivity contribution in [1.82, 2.24) is 0 Å². The highest BCUT2D eigenvalue weighted by Gasteiger charge is 2.50. The van der Waals surface area contributed by atoms with E-state index < -0.39 is 154 Å². The van der Waals surface area contributed by atoms with Crippen molar-refractivity contribution >= 4 is 23.2 Å². The van der Waals surface area contributed by atoms with E-state index in [1.54, 1.807) is 22.5 Å². The summed E-state index contributed by atoms with van der Waals surface area (Å²) >= 11 is 0. The number of phenolic OH excluding ortho intramolecular Hbond substituents is 4. The van der Waals surface area contributed by atoms with Crippen molar-refractivity contribution in [3.63, 3.8) is 0 Å². The number of hydrogen-bond donors (Lipinski definition) is 6. The van der Waals surface area contributed by atoms with Crippen LogP contribution in [0.3, 0.4) is 0 Å². The Hall–Kier alpha value is -9.14. The summed E-state index contributed by atoms with van der Waals surface area (Å²) in [5, 5.41) is 47.9. The number of alkyl halides is 12. The first-order valence-corrected chi connectivity index (χ1v) is 20.3. The van der Waals surface area contributed by atoms with Gasteiger partial charge in [0.1, 0.15) is 11.5 Å². The fraction of sp³-hybridized carbons (Fsp3) is 0.132. The molecule has 73 heavy (non-hydrogen) atoms. The minimum absolute atomic E-state index is 0.0397. The van der Waals surface area contributed by atoms with Crippen LogP contribution in [0.5, 0.6) is 23.0 Å². The number of rotatable bonds is 8. The number of carbonyl (C=O) groups is 2. The van der Waals surface area contributed by atoms with Crippen molar-refractivity contribution < 1.29 is 82.7 Å². The summed E-state index contributed by atoms with van der Waals surface area (Å²) in [6.45, 7) is 1.30. The minimum Gasteiger partial charge on any atom is -0.507 e. The predicted molar refractivity (Wildman–Crippen MR) is 243 cm³/mol. The second-order valence-electron chi connectivity index (χ2n) is 16.2. The molecule has 0 aliphatic rings. The van der Waals surface area contributed by atoms with E-state index in [9.17, 15) is 30.0 Å². The van der Waals surface area contributed by atoms with Crippen molar-refractivity contribution in [1.29, 1.82) is 0 Å². The molecule has 0 atom stereocenters. The monoisotopic (exact) mass is 1020 g/mol. The molecule has 0 saturated heterocycles. The van der Waals surface area contributed by atoms with Gasteiger partial charge in [0, 0.05) is 49.9 Å². The predicted octanol–water partition coefficient (Wildman–Crippen LogP) is 12.7. The summed E-state index contributed by atoms with van der Waals surface area (Å²) in [7, 11) is 0. The Morgan fingerprint density at radius 3 is 1.08 bits per heavy atom. The third-order valence-corrected chi connectivity index (χ3v) is 11.4. The van der Waals surface area contributed by atoms with Gasteiger partial charge < -0.3 is 31.1 Å². The zero-order valence-electron chi connectivity index (χ0n) is 37.0. The maximum Gasteiger partial charge on any atom is 0.419 e. The number of hydrogen-bond acceptors (Lipinski definition) is 6. The molecule has 0 aliphatic carbocycles. The highest BCUT2D eigenvalue weighted by Crippen LogP contribution is 2.58. The summed E-state index contributed by atoms with van der Waals surface area (Å²) in [6.07, 6.45) is -2.12. The molecule has 0 aliphatic heterocycles. The van der Waals surface area contributed by atoms with E-state index in [1.807, 2.05) is 0 Å². The quantitative estimate of drug-likeness (QED) is 0.0510. The zero-order valence-corrected chi connectivity index (χ0v) is 37.0. The Labute approximate surface area is 406 Å². The lowest BCUT2D eigenvalue weighted by Crippen LogP contribution is -2.29. The van der Waals surface area contributed by atoms with E-state index in [4.69, 9.17) is 25.7 Å². The Kier molecular flexibility index (Phi) is 13.8. The molecular formula is C53H30F12N2O6. The second-order valence-corrected chi connectivity index (χ2v) is 16.2. The van der Waals surface area contributed by atoms with Gasteiger partial charge in [0.25, 0.3) is 11.8 Å². The number of aromatic hydroxyl groups is 4. The number of terminal acetylenes is 4. The van der Waals surface area contributed by atoms with Crippen molar-refractivity contribution in [2.45, 2.75) is 44.0 Å². The van der Waals surface area contributed by atoms with E-state index in [1.165, 1.54) is 24.3 Å². The van der Waals surface area contributed by atoms with Crippen LogP contribution < -0.4 is 10.6 Å². The van der Waals surface area contributed by atoms with Gasteiger partial charge in [-0.1, -0.05) is 61.8 Å². The fourth-order valence-corrected chi connectivity index (χ4v) is 8.17. The highest BCUT2D eigenvalue weighted by molar-refractivity contribution is 6.08. The smallest absolute Gasteiger partial charge is 0.419 e. The zero-order chi connectivity index (χ0) is 54.5. The van der Waals surface area contributed by atoms with Crippen molar-refractivity contribution in [2.75, 3.05) is 10.6 Å². The number of anilines is 2. The van der Waals surface area contributed by atoms with Gasteiger partial charge in [-0.25, -0.2) is 0 Å². The second kappa shape index (κ2) is 18.9. The topological polar surface area (TPSA) is 139 Å². The SMILES string of the molecule is C#Cc1cccc(C(=O)Nc2c(O)c(C#C)cc(-c3c(O)ccc(C(C)(C)c4ccc(O)c(-c5cc(C#C)c(O)c(NC(=O)c6cccc(C#C)c6)c5C(F)(F)F)c4C(F)(F)F)c3C(F)(F)F)c2C(F)(F)F)c1. The lowest BCUT2D eigenvalue weighted by Gasteiger charge is -2.34. The van der Waals surface area contributed by atoms with Crippen LogP contribution in [0.2, 0.25) is 0 Å². The highest BCUT2D eigenvalue weighted by atomic mass is 19.4. The molecule has 0 fully saturated rings. The van der Waals surface area contributed by atoms with E-state index in [2.05, 4.69) is 11.8 Å². The molecule has 0 saturated carbocycles. The largest absolute Gasteiger partial charge is 0.507 e. The molecule has 6 aromatic carbocycles. The van der Waals surface area contributed by atoms with Crippen LogP contribution in [0.25, 0.3) is 22.3 Å². The molecule has 8 nitrogen and oxygen atoms in total. The van der Waals surface area contributed by atoms with Crippen LogP contribution in [0.1, 0.15) is 90.2 Å². The van der Waals surface area contributed by atoms with Crippen molar-refractivity contribution in [2.24, 2.45) is 0 Å². The number of benzene rings is 6. The lowest BCUT2D eigenvalue weighted by molar-refractivity contribution is -0.140. The molecule has 0 radical (unpaired) electrons. The Morgan fingerprint density at radius 2 is 0.795 bits per heavy atom. The molecule has 372 valence electrons. The third-order valence-electron chi connectivity index (χ3n) is 11.4. The molecule has 2 amide bonds. The first kappa shape index (κ1) is 53.2. The molecule has 6 rings (SSSR count). The summed E-state index contributed by atoms with van der Waals surface area (Å²) < 4.78 is 187. The Bertz CT molecular complexity index is 3240. The average molecular weight is 1020 g/mol. The number of halogens is 12. The van der Waals surface area contributed by atoms with Crippen LogP contribution in [-0.2, 0) is 30.1 Å². The van der Waals surface area contributed by atoms with Gasteiger partial charge in [0.05, 0.1) is 44.8 Å². The number of nitrogens with one attached hydrogen (secondary N) is 2. The maximum atomic E-state index is 15.8. The molecule has 0 unspecified atom stereocenters. The standard InChI is InChI=1S/C53H30F12N2O6/c1-7-25-13-11-15-29(21-25)47(72)66-43-39(50(54,55)56)31(23-27(9-3)45(43)70)37-35(68)19-17-33(41(37)52(60,61)62)49(5,6)34-18-20-36(69)38(42(34)53(63,64)65)32-24-28(10-4)46(71)44(40(32)51(57,58)59)67-48(73)30-16-12-14-26(8-2)22-30/h1-4,11-24,68-71H,5-6H3,(H,66,72)(H,67,73). The van der Waals surface area contributed by atoms with Crippen molar-refractivity contribution in [3.8, 4) is 94.6 Å². The first-order chi connectivity index (χ1) is 33.8. The molecule has 6 aromatic rings. The molecule has 0 heterocycles. The molecular weight excluding hydrogens is 989 g/mol.